The summed E-state index contributed by atoms with van der Waals surface area (Å²) in [4.78, 5) is 43.5. The van der Waals surface area contributed by atoms with Gasteiger partial charge in [-0.05, 0) is 12.3 Å². The van der Waals surface area contributed by atoms with E-state index in [1.165, 1.54) is 0 Å². The van der Waals surface area contributed by atoms with Crippen molar-refractivity contribution in [3.63, 3.8) is 0 Å². The van der Waals surface area contributed by atoms with E-state index < -0.39 is 31.3 Å². The van der Waals surface area contributed by atoms with Gasteiger partial charge in [0.25, 0.3) is 0 Å². The third-order valence-corrected chi connectivity index (χ3v) is 7.06. The van der Waals surface area contributed by atoms with Crippen LogP contribution in [0.5, 0.6) is 0 Å². The maximum atomic E-state index is 11.3. The van der Waals surface area contributed by atoms with Gasteiger partial charge in [0, 0.05) is 0 Å². The van der Waals surface area contributed by atoms with Gasteiger partial charge in [0.15, 0.2) is 0 Å². The van der Waals surface area contributed by atoms with E-state index in [2.05, 4.69) is 17.5 Å². The normalized spacial score (nSPS) is 21.1. The standard InChI is InChI=1S/C5H16O13P4/c1-5(2)3-4-15-20(9,10)17-22(13,14)18-21(11,12)16-19(6,7)8/h5H,3-4H2,1-2H3,(H,9,10)(H,11,12)(H,13,14)(H2,6,7,8). The van der Waals surface area contributed by atoms with Gasteiger partial charge < -0.3 is 24.5 Å². The molecule has 0 amide bonds. The van der Waals surface area contributed by atoms with Crippen molar-refractivity contribution in [1.82, 2.24) is 0 Å². The van der Waals surface area contributed by atoms with Gasteiger partial charge in [0.1, 0.15) is 0 Å². The molecule has 0 radical (unpaired) electrons. The van der Waals surface area contributed by atoms with Crippen molar-refractivity contribution in [3.8, 4) is 0 Å². The molecule has 0 aromatic rings. The molecule has 134 valence electrons. The first-order chi connectivity index (χ1) is 9.54. The molecule has 0 aliphatic rings. The van der Waals surface area contributed by atoms with Crippen molar-refractivity contribution >= 4 is 31.3 Å². The molecule has 0 aromatic carbocycles. The van der Waals surface area contributed by atoms with E-state index in [4.69, 9.17) is 24.5 Å². The van der Waals surface area contributed by atoms with Crippen molar-refractivity contribution in [2.45, 2.75) is 20.3 Å². The van der Waals surface area contributed by atoms with Crippen LogP contribution in [0.4, 0.5) is 0 Å². The molecule has 0 fully saturated rings. The Morgan fingerprint density at radius 1 is 0.773 bits per heavy atom. The largest absolute Gasteiger partial charge is 0.490 e. The van der Waals surface area contributed by atoms with Crippen LogP contribution in [0.15, 0.2) is 0 Å². The Balaban J connectivity index is 4.75. The topological polar surface area (TPSA) is 206 Å². The second kappa shape index (κ2) is 8.09. The molecule has 3 atom stereocenters. The summed E-state index contributed by atoms with van der Waals surface area (Å²) >= 11 is 0. The zero-order valence-electron chi connectivity index (χ0n) is 11.3. The van der Waals surface area contributed by atoms with Crippen LogP contribution in [0, 0.1) is 5.92 Å². The molecule has 0 rings (SSSR count). The van der Waals surface area contributed by atoms with Crippen LogP contribution >= 0.6 is 31.3 Å². The van der Waals surface area contributed by atoms with E-state index >= 15 is 0 Å². The number of phosphoric ester groups is 1. The minimum atomic E-state index is -5.75. The van der Waals surface area contributed by atoms with Gasteiger partial charge in [-0.15, -0.1) is 0 Å². The summed E-state index contributed by atoms with van der Waals surface area (Å²) < 4.78 is 58.6. The SMILES string of the molecule is CC(C)CCOP(=O)(O)OP(=O)(O)OP(=O)(O)OP(=O)(O)O. The molecule has 22 heavy (non-hydrogen) atoms. The van der Waals surface area contributed by atoms with E-state index in [9.17, 15) is 18.3 Å². The fourth-order valence-corrected chi connectivity index (χ4v) is 5.31. The molecule has 5 N–H and O–H groups in total. The summed E-state index contributed by atoms with van der Waals surface area (Å²) in [5.74, 6) is 0.0755. The predicted molar refractivity (Wildman–Crippen MR) is 70.2 cm³/mol. The van der Waals surface area contributed by atoms with Crippen LogP contribution in [0.3, 0.4) is 0 Å². The first-order valence-electron chi connectivity index (χ1n) is 5.36. The number of rotatable bonds is 10. The Morgan fingerprint density at radius 2 is 1.18 bits per heavy atom. The lowest BCUT2D eigenvalue weighted by Gasteiger charge is -2.18. The van der Waals surface area contributed by atoms with E-state index in [0.29, 0.717) is 6.42 Å². The molecule has 0 aliphatic carbocycles. The van der Waals surface area contributed by atoms with Gasteiger partial charge in [-0.1, -0.05) is 13.8 Å². The highest BCUT2D eigenvalue weighted by Crippen LogP contribution is 2.70. The Labute approximate surface area is 125 Å². The van der Waals surface area contributed by atoms with Gasteiger partial charge in [-0.3, -0.25) is 4.52 Å². The zero-order chi connectivity index (χ0) is 17.8. The van der Waals surface area contributed by atoms with Crippen LogP contribution in [-0.2, 0) is 35.7 Å². The third kappa shape index (κ3) is 12.0. The highest BCUT2D eigenvalue weighted by atomic mass is 31.3. The summed E-state index contributed by atoms with van der Waals surface area (Å²) in [5, 5.41) is 0. The smallest absolute Gasteiger partial charge is 0.302 e. The van der Waals surface area contributed by atoms with E-state index in [1.807, 2.05) is 0 Å². The van der Waals surface area contributed by atoms with Crippen molar-refractivity contribution in [2.24, 2.45) is 5.92 Å². The minimum absolute atomic E-state index is 0.0755. The zero-order valence-corrected chi connectivity index (χ0v) is 14.9. The van der Waals surface area contributed by atoms with Crippen LogP contribution in [0.2, 0.25) is 0 Å². The maximum Gasteiger partial charge on any atom is 0.490 e. The average molecular weight is 408 g/mol. The molecule has 0 heterocycles. The molecule has 3 unspecified atom stereocenters. The monoisotopic (exact) mass is 408 g/mol. The van der Waals surface area contributed by atoms with E-state index in [-0.39, 0.29) is 12.5 Å². The lowest BCUT2D eigenvalue weighted by atomic mass is 10.2. The van der Waals surface area contributed by atoms with Gasteiger partial charge in [-0.2, -0.15) is 12.9 Å². The molecule has 0 aliphatic heterocycles. The Bertz CT molecular complexity index is 549. The third-order valence-electron chi connectivity index (χ3n) is 1.57. The fourth-order valence-electron chi connectivity index (χ4n) is 0.852. The summed E-state index contributed by atoms with van der Waals surface area (Å²) in [6, 6.07) is 0. The molecular formula is C5H16O13P4. The van der Waals surface area contributed by atoms with Crippen LogP contribution in [0.1, 0.15) is 20.3 Å². The maximum absolute atomic E-state index is 11.3. The fraction of sp³-hybridized carbons (Fsp3) is 1.00. The molecule has 13 nitrogen and oxygen atoms in total. The highest BCUT2D eigenvalue weighted by Gasteiger charge is 2.44. The highest BCUT2D eigenvalue weighted by molar-refractivity contribution is 7.69. The van der Waals surface area contributed by atoms with E-state index in [0.717, 1.165) is 0 Å². The molecule has 0 bridgehead atoms. The van der Waals surface area contributed by atoms with Crippen LogP contribution in [0.25, 0.3) is 0 Å². The lowest BCUT2D eigenvalue weighted by Crippen LogP contribution is -2.01. The van der Waals surface area contributed by atoms with Gasteiger partial charge in [0.05, 0.1) is 6.61 Å². The van der Waals surface area contributed by atoms with Crippen molar-refractivity contribution in [1.29, 1.82) is 0 Å². The van der Waals surface area contributed by atoms with Crippen LogP contribution in [-0.4, -0.2) is 31.1 Å². The predicted octanol–water partition coefficient (Wildman–Crippen LogP) is 1.49. The van der Waals surface area contributed by atoms with Crippen LogP contribution < -0.4 is 0 Å². The summed E-state index contributed by atoms with van der Waals surface area (Å²) in [6.45, 7) is 3.18. The number of hydrogen-bond acceptors (Lipinski definition) is 8. The van der Waals surface area contributed by atoms with E-state index in [1.54, 1.807) is 13.8 Å². The van der Waals surface area contributed by atoms with Crippen molar-refractivity contribution in [2.75, 3.05) is 6.61 Å². The minimum Gasteiger partial charge on any atom is -0.302 e. The summed E-state index contributed by atoms with van der Waals surface area (Å²) in [7, 11) is -22.1. The van der Waals surface area contributed by atoms with Gasteiger partial charge >= 0.3 is 31.3 Å². The first kappa shape index (κ1) is 22.6. The second-order valence-electron chi connectivity index (χ2n) is 4.16. The summed E-state index contributed by atoms with van der Waals surface area (Å²) in [5.41, 5.74) is 0. The molecule has 0 saturated carbocycles. The Kier molecular flexibility index (Phi) is 8.30. The Morgan fingerprint density at radius 3 is 1.59 bits per heavy atom. The molecule has 0 saturated heterocycles. The van der Waals surface area contributed by atoms with Gasteiger partial charge in [-0.25, -0.2) is 18.3 Å². The molecular weight excluding hydrogens is 392 g/mol. The Hall–Kier alpha value is 0.560. The molecule has 0 spiro atoms. The number of hydrogen-bond donors (Lipinski definition) is 5. The second-order valence-corrected chi connectivity index (χ2v) is 10.2. The van der Waals surface area contributed by atoms with Crippen molar-refractivity contribution < 1.29 is 60.2 Å². The molecule has 17 heteroatoms. The number of phosphoric acid groups is 4. The van der Waals surface area contributed by atoms with Crippen molar-refractivity contribution in [3.05, 3.63) is 0 Å². The summed E-state index contributed by atoms with van der Waals surface area (Å²) in [6.07, 6.45) is 0.296. The quantitative estimate of drug-likeness (QED) is 0.325. The average Bonchev–Trinajstić information content (AvgIpc) is 2.06. The van der Waals surface area contributed by atoms with Gasteiger partial charge in [0.2, 0.25) is 0 Å². The lowest BCUT2D eigenvalue weighted by molar-refractivity contribution is 0.165. The molecule has 0 aromatic heterocycles. The first-order valence-corrected chi connectivity index (χ1v) is 11.4.